The Bertz CT molecular complexity index is 248. The Labute approximate surface area is 108 Å². The van der Waals surface area contributed by atoms with Crippen molar-refractivity contribution in [2.24, 2.45) is 11.8 Å². The van der Waals surface area contributed by atoms with Crippen LogP contribution in [0.3, 0.4) is 0 Å². The van der Waals surface area contributed by atoms with E-state index in [0.29, 0.717) is 6.04 Å². The quantitative estimate of drug-likeness (QED) is 0.687. The summed E-state index contributed by atoms with van der Waals surface area (Å²) < 4.78 is 0. The van der Waals surface area contributed by atoms with Gasteiger partial charge in [0.25, 0.3) is 0 Å². The van der Waals surface area contributed by atoms with Gasteiger partial charge >= 0.3 is 0 Å². The predicted molar refractivity (Wildman–Crippen MR) is 75.9 cm³/mol. The molecule has 0 aromatic heterocycles. The van der Waals surface area contributed by atoms with Crippen LogP contribution in [0.2, 0.25) is 0 Å². The Morgan fingerprint density at radius 2 is 2.12 bits per heavy atom. The third-order valence-electron chi connectivity index (χ3n) is 4.13. The first-order valence-corrected chi connectivity index (χ1v) is 7.44. The Hall–Kier alpha value is -0.480. The molecule has 0 radical (unpaired) electrons. The van der Waals surface area contributed by atoms with E-state index in [9.17, 15) is 0 Å². The van der Waals surface area contributed by atoms with Gasteiger partial charge in [0, 0.05) is 12.5 Å². The van der Waals surface area contributed by atoms with Crippen LogP contribution in [0.1, 0.15) is 65.7 Å². The molecule has 0 bridgehead atoms. The molecule has 1 rings (SSSR count). The fourth-order valence-corrected chi connectivity index (χ4v) is 3.02. The van der Waals surface area contributed by atoms with Gasteiger partial charge < -0.3 is 5.32 Å². The minimum atomic E-state index is 0.636. The SMILES string of the molecule is CC#CCC(NCCC)C1CCCC(CC)C1. The van der Waals surface area contributed by atoms with Crippen molar-refractivity contribution in [2.45, 2.75) is 71.8 Å². The van der Waals surface area contributed by atoms with E-state index in [0.717, 1.165) is 24.8 Å². The van der Waals surface area contributed by atoms with Gasteiger partial charge in [0.1, 0.15) is 0 Å². The van der Waals surface area contributed by atoms with E-state index in [-0.39, 0.29) is 0 Å². The number of hydrogen-bond donors (Lipinski definition) is 1. The highest BCUT2D eigenvalue weighted by Crippen LogP contribution is 2.33. The molecule has 1 N–H and O–H groups in total. The summed E-state index contributed by atoms with van der Waals surface area (Å²) in [4.78, 5) is 0. The molecule has 0 saturated heterocycles. The summed E-state index contributed by atoms with van der Waals surface area (Å²) in [6.07, 6.45) is 9.32. The maximum absolute atomic E-state index is 3.72. The first-order valence-electron chi connectivity index (χ1n) is 7.44. The van der Waals surface area contributed by atoms with E-state index in [2.05, 4.69) is 31.0 Å². The summed E-state index contributed by atoms with van der Waals surface area (Å²) in [5.74, 6) is 8.15. The topological polar surface area (TPSA) is 12.0 Å². The Morgan fingerprint density at radius 3 is 2.76 bits per heavy atom. The molecule has 1 fully saturated rings. The van der Waals surface area contributed by atoms with Crippen LogP contribution in [-0.4, -0.2) is 12.6 Å². The van der Waals surface area contributed by atoms with E-state index < -0.39 is 0 Å². The molecule has 0 aromatic rings. The van der Waals surface area contributed by atoms with Gasteiger partial charge in [-0.05, 0) is 44.6 Å². The fraction of sp³-hybridized carbons (Fsp3) is 0.875. The summed E-state index contributed by atoms with van der Waals surface area (Å²) in [7, 11) is 0. The first kappa shape index (κ1) is 14.6. The minimum absolute atomic E-state index is 0.636. The van der Waals surface area contributed by atoms with Crippen LogP contribution in [0.5, 0.6) is 0 Å². The van der Waals surface area contributed by atoms with Crippen LogP contribution >= 0.6 is 0 Å². The van der Waals surface area contributed by atoms with E-state index in [1.807, 2.05) is 6.92 Å². The lowest BCUT2D eigenvalue weighted by molar-refractivity contribution is 0.210. The van der Waals surface area contributed by atoms with Crippen LogP contribution in [-0.2, 0) is 0 Å². The van der Waals surface area contributed by atoms with Crippen molar-refractivity contribution in [3.05, 3.63) is 0 Å². The van der Waals surface area contributed by atoms with E-state index in [1.54, 1.807) is 0 Å². The van der Waals surface area contributed by atoms with Gasteiger partial charge in [0.15, 0.2) is 0 Å². The second-order valence-corrected chi connectivity index (χ2v) is 5.39. The highest BCUT2D eigenvalue weighted by Gasteiger charge is 2.26. The number of nitrogens with one attached hydrogen (secondary N) is 1. The molecule has 1 heteroatoms. The van der Waals surface area contributed by atoms with Crippen LogP contribution in [0, 0.1) is 23.7 Å². The van der Waals surface area contributed by atoms with Crippen molar-refractivity contribution in [1.82, 2.24) is 5.32 Å². The molecule has 0 amide bonds. The maximum atomic E-state index is 3.72. The second kappa shape index (κ2) is 8.59. The molecule has 17 heavy (non-hydrogen) atoms. The minimum Gasteiger partial charge on any atom is -0.313 e. The first-order chi connectivity index (χ1) is 8.31. The largest absolute Gasteiger partial charge is 0.313 e. The standard InChI is InChI=1S/C16H29N/c1-4-7-11-16(17-12-5-2)15-10-8-9-14(6-3)13-15/h14-17H,5-6,8-13H2,1-3H3. The maximum Gasteiger partial charge on any atom is 0.0245 e. The highest BCUT2D eigenvalue weighted by atomic mass is 14.9. The second-order valence-electron chi connectivity index (χ2n) is 5.39. The lowest BCUT2D eigenvalue weighted by Crippen LogP contribution is -2.38. The zero-order valence-electron chi connectivity index (χ0n) is 11.9. The Balaban J connectivity index is 2.50. The Kier molecular flexibility index (Phi) is 7.37. The lowest BCUT2D eigenvalue weighted by atomic mass is 9.76. The molecular weight excluding hydrogens is 206 g/mol. The fourth-order valence-electron chi connectivity index (χ4n) is 3.02. The van der Waals surface area contributed by atoms with Crippen LogP contribution in [0.4, 0.5) is 0 Å². The van der Waals surface area contributed by atoms with Gasteiger partial charge in [-0.2, -0.15) is 0 Å². The summed E-state index contributed by atoms with van der Waals surface area (Å²) in [5.41, 5.74) is 0. The van der Waals surface area contributed by atoms with Crippen LogP contribution < -0.4 is 5.32 Å². The molecule has 0 heterocycles. The van der Waals surface area contributed by atoms with Crippen molar-refractivity contribution >= 4 is 0 Å². The van der Waals surface area contributed by atoms with Crippen molar-refractivity contribution in [3.8, 4) is 11.8 Å². The van der Waals surface area contributed by atoms with E-state index in [1.165, 1.54) is 38.5 Å². The molecule has 3 unspecified atom stereocenters. The van der Waals surface area contributed by atoms with Gasteiger partial charge in [-0.3, -0.25) is 0 Å². The van der Waals surface area contributed by atoms with Crippen molar-refractivity contribution in [1.29, 1.82) is 0 Å². The lowest BCUT2D eigenvalue weighted by Gasteiger charge is -2.34. The molecule has 1 aliphatic carbocycles. The van der Waals surface area contributed by atoms with Gasteiger partial charge in [-0.25, -0.2) is 0 Å². The smallest absolute Gasteiger partial charge is 0.0245 e. The molecule has 1 nitrogen and oxygen atoms in total. The summed E-state index contributed by atoms with van der Waals surface area (Å²) in [6.45, 7) is 7.68. The summed E-state index contributed by atoms with van der Waals surface area (Å²) >= 11 is 0. The highest BCUT2D eigenvalue weighted by molar-refractivity contribution is 5.00. The molecule has 1 aliphatic rings. The average Bonchev–Trinajstić information content (AvgIpc) is 2.39. The van der Waals surface area contributed by atoms with Gasteiger partial charge in [0.05, 0.1) is 0 Å². The number of hydrogen-bond acceptors (Lipinski definition) is 1. The van der Waals surface area contributed by atoms with Gasteiger partial charge in [-0.1, -0.05) is 33.1 Å². The molecule has 0 spiro atoms. The molecule has 0 aliphatic heterocycles. The normalized spacial score (nSPS) is 26.1. The predicted octanol–water partition coefficient (Wildman–Crippen LogP) is 3.98. The molecule has 0 aromatic carbocycles. The average molecular weight is 235 g/mol. The van der Waals surface area contributed by atoms with Crippen molar-refractivity contribution < 1.29 is 0 Å². The van der Waals surface area contributed by atoms with Crippen molar-refractivity contribution in [2.75, 3.05) is 6.54 Å². The van der Waals surface area contributed by atoms with Crippen molar-refractivity contribution in [3.63, 3.8) is 0 Å². The monoisotopic (exact) mass is 235 g/mol. The van der Waals surface area contributed by atoms with E-state index >= 15 is 0 Å². The van der Waals surface area contributed by atoms with Crippen LogP contribution in [0.15, 0.2) is 0 Å². The van der Waals surface area contributed by atoms with Crippen LogP contribution in [0.25, 0.3) is 0 Å². The molecule has 98 valence electrons. The molecule has 1 saturated carbocycles. The zero-order chi connectivity index (χ0) is 12.5. The summed E-state index contributed by atoms with van der Waals surface area (Å²) in [6, 6.07) is 0.636. The molecule has 3 atom stereocenters. The third-order valence-corrected chi connectivity index (χ3v) is 4.13. The van der Waals surface area contributed by atoms with E-state index in [4.69, 9.17) is 0 Å². The zero-order valence-corrected chi connectivity index (χ0v) is 11.9. The van der Waals surface area contributed by atoms with Gasteiger partial charge in [0.2, 0.25) is 0 Å². The summed E-state index contributed by atoms with van der Waals surface area (Å²) in [5, 5.41) is 3.72. The van der Waals surface area contributed by atoms with Gasteiger partial charge in [-0.15, -0.1) is 11.8 Å². The molecular formula is C16H29N. The third kappa shape index (κ3) is 5.13. The number of rotatable bonds is 6. The Morgan fingerprint density at radius 1 is 1.29 bits per heavy atom.